The summed E-state index contributed by atoms with van der Waals surface area (Å²) in [5, 5.41) is 1.10. The van der Waals surface area contributed by atoms with Crippen molar-refractivity contribution in [2.45, 2.75) is 0 Å². The van der Waals surface area contributed by atoms with Crippen molar-refractivity contribution in [3.8, 4) is 0 Å². The van der Waals surface area contributed by atoms with E-state index >= 15 is 0 Å². The molecule has 0 aliphatic carbocycles. The fourth-order valence-electron chi connectivity index (χ4n) is 3.92. The Kier molecular flexibility index (Phi) is 6.79. The maximum absolute atomic E-state index is 14.1. The van der Waals surface area contributed by atoms with Gasteiger partial charge in [0.05, 0.1) is 5.69 Å². The highest BCUT2D eigenvalue weighted by atomic mass is 35.5. The molecule has 0 saturated carbocycles. The van der Waals surface area contributed by atoms with Gasteiger partial charge in [-0.15, -0.1) is 12.4 Å². The van der Waals surface area contributed by atoms with Crippen LogP contribution in [0.15, 0.2) is 88.6 Å². The molecule has 2 N–H and O–H groups in total. The van der Waals surface area contributed by atoms with Crippen LogP contribution in [0.2, 0.25) is 0 Å². The van der Waals surface area contributed by atoms with Crippen LogP contribution >= 0.6 is 12.4 Å². The normalized spacial score (nSPS) is 17.6. The largest absolute Gasteiger partial charge is 0.402 e. The minimum absolute atomic E-state index is 0. The zero-order valence-corrected chi connectivity index (χ0v) is 19.0. The molecule has 1 saturated heterocycles. The fraction of sp³-hybridized carbons (Fsp3) is 0.160. The monoisotopic (exact) mass is 479 g/mol. The van der Waals surface area contributed by atoms with Gasteiger partial charge in [-0.3, -0.25) is 0 Å². The second-order valence-electron chi connectivity index (χ2n) is 7.79. The number of para-hydroxylation sites is 1. The molecule has 3 aromatic carbocycles. The smallest absolute Gasteiger partial charge is 0.365 e. The van der Waals surface area contributed by atoms with Crippen molar-refractivity contribution in [2.75, 3.05) is 26.2 Å². The Hall–Kier alpha value is -3.91. The third-order valence-corrected chi connectivity index (χ3v) is 5.66. The number of benzene rings is 3. The molecule has 0 atom stereocenters. The molecule has 3 aromatic rings. The number of guanidine groups is 1. The van der Waals surface area contributed by atoms with E-state index in [4.69, 9.17) is 10.5 Å². The predicted octanol–water partition coefficient (Wildman–Crippen LogP) is 3.81. The summed E-state index contributed by atoms with van der Waals surface area (Å²) in [4.78, 5) is 25.3. The van der Waals surface area contributed by atoms with E-state index in [2.05, 4.69) is 9.98 Å². The number of esters is 1. The van der Waals surface area contributed by atoms with Gasteiger partial charge in [0.2, 0.25) is 5.90 Å². The molecule has 0 aromatic heterocycles. The lowest BCUT2D eigenvalue weighted by Gasteiger charge is -2.34. The van der Waals surface area contributed by atoms with E-state index in [9.17, 15) is 9.18 Å². The predicted molar refractivity (Wildman–Crippen MR) is 133 cm³/mol. The van der Waals surface area contributed by atoms with E-state index in [1.54, 1.807) is 30.5 Å². The Morgan fingerprint density at radius 1 is 0.971 bits per heavy atom. The number of aliphatic imine (C=N–C) groups is 2. The molecule has 2 heterocycles. The molecule has 2 aliphatic heterocycles. The van der Waals surface area contributed by atoms with Crippen LogP contribution in [0.3, 0.4) is 0 Å². The molecule has 7 nitrogen and oxygen atoms in total. The Bertz CT molecular complexity index is 1300. The first kappa shape index (κ1) is 23.3. The summed E-state index contributed by atoms with van der Waals surface area (Å²) in [5.41, 5.74) is 7.78. The number of carbonyl (C=O) groups is 1. The van der Waals surface area contributed by atoms with E-state index in [-0.39, 0.29) is 29.8 Å². The first-order valence-corrected chi connectivity index (χ1v) is 10.7. The van der Waals surface area contributed by atoms with Crippen molar-refractivity contribution in [1.29, 1.82) is 0 Å². The van der Waals surface area contributed by atoms with Crippen LogP contribution in [-0.4, -0.2) is 53.8 Å². The molecule has 174 valence electrons. The van der Waals surface area contributed by atoms with Gasteiger partial charge in [0.25, 0.3) is 0 Å². The van der Waals surface area contributed by atoms with Crippen molar-refractivity contribution in [1.82, 2.24) is 9.80 Å². The molecular formula is C25H23ClFN5O2. The summed E-state index contributed by atoms with van der Waals surface area (Å²) in [6.45, 7) is 2.65. The van der Waals surface area contributed by atoms with E-state index in [0.717, 1.165) is 5.69 Å². The van der Waals surface area contributed by atoms with Gasteiger partial charge in [-0.2, -0.15) is 0 Å². The number of ether oxygens (including phenoxy) is 1. The first-order valence-electron chi connectivity index (χ1n) is 10.7. The summed E-state index contributed by atoms with van der Waals surface area (Å²) in [6.07, 6.45) is 1.71. The zero-order chi connectivity index (χ0) is 22.8. The average molecular weight is 480 g/mol. The fourth-order valence-corrected chi connectivity index (χ4v) is 3.92. The highest BCUT2D eigenvalue weighted by molar-refractivity contribution is 6.16. The van der Waals surface area contributed by atoms with Gasteiger partial charge in [-0.25, -0.2) is 19.2 Å². The van der Waals surface area contributed by atoms with E-state index in [0.29, 0.717) is 48.5 Å². The molecule has 0 unspecified atom stereocenters. The van der Waals surface area contributed by atoms with Crippen molar-refractivity contribution in [3.05, 3.63) is 90.0 Å². The van der Waals surface area contributed by atoms with Gasteiger partial charge in [-0.1, -0.05) is 42.5 Å². The topological polar surface area (TPSA) is 83.5 Å². The molecule has 0 spiro atoms. The number of cyclic esters (lactones) is 1. The number of carbonyl (C=O) groups excluding carboxylic acids is 1. The summed E-state index contributed by atoms with van der Waals surface area (Å²) in [6, 6.07) is 19.6. The highest BCUT2D eigenvalue weighted by Crippen LogP contribution is 2.26. The number of fused-ring (bicyclic) bond motifs is 1. The lowest BCUT2D eigenvalue weighted by atomic mass is 10.0. The van der Waals surface area contributed by atoms with Gasteiger partial charge in [0.15, 0.2) is 11.7 Å². The summed E-state index contributed by atoms with van der Waals surface area (Å²) < 4.78 is 19.6. The van der Waals surface area contributed by atoms with Crippen LogP contribution in [0.5, 0.6) is 0 Å². The van der Waals surface area contributed by atoms with Crippen LogP contribution in [0.1, 0.15) is 5.56 Å². The van der Waals surface area contributed by atoms with Gasteiger partial charge < -0.3 is 20.3 Å². The van der Waals surface area contributed by atoms with Crippen molar-refractivity contribution in [2.24, 2.45) is 15.7 Å². The zero-order valence-electron chi connectivity index (χ0n) is 18.2. The SMILES string of the molecule is Cl.NC(=Nc1ccccc1)N1CCN(/C=C2/N=C(c3ccc(F)c4ccccc34)OC2=O)CC1. The summed E-state index contributed by atoms with van der Waals surface area (Å²) in [7, 11) is 0. The Balaban J connectivity index is 0.00000274. The van der Waals surface area contributed by atoms with Crippen LogP contribution < -0.4 is 5.73 Å². The molecule has 1 fully saturated rings. The van der Waals surface area contributed by atoms with Gasteiger partial charge in [-0.05, 0) is 29.7 Å². The van der Waals surface area contributed by atoms with E-state index < -0.39 is 5.97 Å². The van der Waals surface area contributed by atoms with Gasteiger partial charge in [0.1, 0.15) is 5.82 Å². The van der Waals surface area contributed by atoms with Crippen LogP contribution in [-0.2, 0) is 9.53 Å². The second-order valence-corrected chi connectivity index (χ2v) is 7.79. The molecule has 2 aliphatic rings. The highest BCUT2D eigenvalue weighted by Gasteiger charge is 2.27. The molecule has 34 heavy (non-hydrogen) atoms. The number of halogens is 2. The van der Waals surface area contributed by atoms with E-state index in [1.165, 1.54) is 6.07 Å². The Morgan fingerprint density at radius 2 is 1.65 bits per heavy atom. The number of nitrogens with two attached hydrogens (primary N) is 1. The number of rotatable bonds is 3. The third kappa shape index (κ3) is 4.72. The van der Waals surface area contributed by atoms with Gasteiger partial charge >= 0.3 is 5.97 Å². The quantitative estimate of drug-likeness (QED) is 0.267. The second kappa shape index (κ2) is 9.93. The maximum Gasteiger partial charge on any atom is 0.365 e. The Morgan fingerprint density at radius 3 is 2.38 bits per heavy atom. The first-order chi connectivity index (χ1) is 16.1. The van der Waals surface area contributed by atoms with Crippen LogP contribution in [0.25, 0.3) is 10.8 Å². The van der Waals surface area contributed by atoms with Crippen LogP contribution in [0.4, 0.5) is 10.1 Å². The maximum atomic E-state index is 14.1. The number of piperazine rings is 1. The lowest BCUT2D eigenvalue weighted by Crippen LogP contribution is -2.49. The minimum atomic E-state index is -0.522. The van der Waals surface area contributed by atoms with Crippen LogP contribution in [0, 0.1) is 5.82 Å². The standard InChI is InChI=1S/C25H22FN5O2.ClH/c26-21-11-10-20(18-8-4-5-9-19(18)21)23-29-22(24(32)33-23)16-30-12-14-31(15-13-30)25(27)28-17-6-2-1-3-7-17;/h1-11,16H,12-15H2,(H2,27,28);1H/b22-16+;. The molecule has 9 heteroatoms. The molecule has 0 amide bonds. The van der Waals surface area contributed by atoms with Crippen molar-refractivity contribution in [3.63, 3.8) is 0 Å². The average Bonchev–Trinajstić information content (AvgIpc) is 3.20. The minimum Gasteiger partial charge on any atom is -0.402 e. The number of hydrogen-bond donors (Lipinski definition) is 1. The summed E-state index contributed by atoms with van der Waals surface area (Å²) in [5.74, 6) is -0.202. The molecular weight excluding hydrogens is 457 g/mol. The Labute approximate surface area is 202 Å². The molecule has 5 rings (SSSR count). The van der Waals surface area contributed by atoms with Crippen molar-refractivity contribution < 1.29 is 13.9 Å². The third-order valence-electron chi connectivity index (χ3n) is 5.66. The van der Waals surface area contributed by atoms with E-state index in [1.807, 2.05) is 46.2 Å². The lowest BCUT2D eigenvalue weighted by molar-refractivity contribution is -0.130. The molecule has 0 radical (unpaired) electrons. The summed E-state index contributed by atoms with van der Waals surface area (Å²) >= 11 is 0. The number of hydrogen-bond acceptors (Lipinski definition) is 5. The molecule has 0 bridgehead atoms. The number of nitrogens with zero attached hydrogens (tertiary/aromatic N) is 4. The van der Waals surface area contributed by atoms with Gasteiger partial charge in [0, 0.05) is 43.3 Å². The van der Waals surface area contributed by atoms with Crippen molar-refractivity contribution >= 4 is 46.7 Å².